The monoisotopic (exact) mass is 322 g/mol. The van der Waals surface area contributed by atoms with Crippen LogP contribution in [0, 0.1) is 19.3 Å². The van der Waals surface area contributed by atoms with Crippen LogP contribution in [0.1, 0.15) is 17.0 Å². The van der Waals surface area contributed by atoms with Crippen molar-refractivity contribution in [2.45, 2.75) is 13.8 Å². The Morgan fingerprint density at radius 1 is 1.42 bits per heavy atom. The Bertz CT molecular complexity index is 648. The van der Waals surface area contributed by atoms with Crippen molar-refractivity contribution in [3.8, 4) is 11.5 Å². The van der Waals surface area contributed by atoms with E-state index in [0.29, 0.717) is 17.1 Å². The highest BCUT2D eigenvalue weighted by Gasteiger charge is 2.15. The van der Waals surface area contributed by atoms with Crippen molar-refractivity contribution in [2.75, 3.05) is 0 Å². The number of aromatic nitrogens is 2. The first kappa shape index (κ1) is 13.6. The van der Waals surface area contributed by atoms with Crippen molar-refractivity contribution in [2.24, 2.45) is 12.8 Å². The van der Waals surface area contributed by atoms with Gasteiger partial charge in [0.05, 0.1) is 11.3 Å². The van der Waals surface area contributed by atoms with Gasteiger partial charge in [-0.3, -0.25) is 10.1 Å². The summed E-state index contributed by atoms with van der Waals surface area (Å²) in [5.41, 5.74) is 7.86. The van der Waals surface area contributed by atoms with Gasteiger partial charge in [-0.15, -0.1) is 0 Å². The van der Waals surface area contributed by atoms with Crippen LogP contribution in [-0.4, -0.2) is 15.6 Å². The largest absolute Gasteiger partial charge is 0.453 e. The maximum atomic E-state index is 7.61. The molecule has 0 fully saturated rings. The van der Waals surface area contributed by atoms with Gasteiger partial charge in [0.1, 0.15) is 17.3 Å². The lowest BCUT2D eigenvalue weighted by molar-refractivity contribution is 0.473. The molecule has 1 heterocycles. The third-order valence-electron chi connectivity index (χ3n) is 2.89. The zero-order valence-electron chi connectivity index (χ0n) is 11.0. The molecule has 0 aliphatic carbocycles. The first-order valence-electron chi connectivity index (χ1n) is 5.72. The Morgan fingerprint density at radius 2 is 2.11 bits per heavy atom. The van der Waals surface area contributed by atoms with Gasteiger partial charge in [0, 0.05) is 11.5 Å². The van der Waals surface area contributed by atoms with E-state index in [0.717, 1.165) is 15.9 Å². The van der Waals surface area contributed by atoms with Gasteiger partial charge in [-0.1, -0.05) is 15.9 Å². The number of rotatable bonds is 3. The summed E-state index contributed by atoms with van der Waals surface area (Å²) < 4.78 is 8.50. The molecule has 1 aromatic heterocycles. The van der Waals surface area contributed by atoms with Gasteiger partial charge in [-0.2, -0.15) is 5.10 Å². The zero-order chi connectivity index (χ0) is 14.2. The molecule has 1 aromatic carbocycles. The van der Waals surface area contributed by atoms with E-state index in [4.69, 9.17) is 15.9 Å². The van der Waals surface area contributed by atoms with Crippen molar-refractivity contribution in [1.82, 2.24) is 9.78 Å². The van der Waals surface area contributed by atoms with Crippen LogP contribution >= 0.6 is 15.9 Å². The highest BCUT2D eigenvalue weighted by atomic mass is 79.9. The van der Waals surface area contributed by atoms with Crippen molar-refractivity contribution in [3.05, 3.63) is 39.6 Å². The van der Waals surface area contributed by atoms with Crippen molar-refractivity contribution in [1.29, 1.82) is 5.41 Å². The summed E-state index contributed by atoms with van der Waals surface area (Å²) in [7, 11) is 1.86. The lowest BCUT2D eigenvalue weighted by atomic mass is 10.2. The smallest absolute Gasteiger partial charge is 0.171 e. The average Bonchev–Trinajstić information content (AvgIpc) is 2.57. The first-order chi connectivity index (χ1) is 8.90. The number of nitrogens with zero attached hydrogens (tertiary/aromatic N) is 2. The standard InChI is InChI=1S/C13H15BrN4O/c1-7-12(8(2)18(3)17-7)19-11-5-4-9(14)6-10(11)13(15)16/h4-6H,1-3H3,(H3,15,16). The van der Waals surface area contributed by atoms with E-state index >= 15 is 0 Å². The van der Waals surface area contributed by atoms with Gasteiger partial charge >= 0.3 is 0 Å². The van der Waals surface area contributed by atoms with E-state index in [1.54, 1.807) is 16.8 Å². The lowest BCUT2D eigenvalue weighted by Gasteiger charge is -2.11. The number of halogens is 1. The molecule has 0 amide bonds. The van der Waals surface area contributed by atoms with Crippen molar-refractivity contribution < 1.29 is 4.74 Å². The Balaban J connectivity index is 2.46. The summed E-state index contributed by atoms with van der Waals surface area (Å²) >= 11 is 3.36. The van der Waals surface area contributed by atoms with E-state index < -0.39 is 0 Å². The molecular weight excluding hydrogens is 308 g/mol. The predicted molar refractivity (Wildman–Crippen MR) is 77.9 cm³/mol. The number of hydrogen-bond donors (Lipinski definition) is 2. The molecule has 0 bridgehead atoms. The fourth-order valence-electron chi connectivity index (χ4n) is 1.81. The van der Waals surface area contributed by atoms with Gasteiger partial charge in [0.2, 0.25) is 0 Å². The third kappa shape index (κ3) is 2.63. The molecule has 0 spiro atoms. The molecule has 100 valence electrons. The highest BCUT2D eigenvalue weighted by molar-refractivity contribution is 9.10. The fraction of sp³-hybridized carbons (Fsp3) is 0.231. The second kappa shape index (κ2) is 5.05. The van der Waals surface area contributed by atoms with E-state index in [1.807, 2.05) is 27.0 Å². The van der Waals surface area contributed by atoms with E-state index in [1.165, 1.54) is 0 Å². The van der Waals surface area contributed by atoms with Crippen LogP contribution in [-0.2, 0) is 7.05 Å². The SMILES string of the molecule is Cc1nn(C)c(C)c1Oc1ccc(Br)cc1C(=N)N. The Hall–Kier alpha value is -1.82. The fourth-order valence-corrected chi connectivity index (χ4v) is 2.17. The van der Waals surface area contributed by atoms with Crippen LogP contribution in [0.15, 0.2) is 22.7 Å². The molecule has 2 rings (SSSR count). The Morgan fingerprint density at radius 3 is 2.63 bits per heavy atom. The molecule has 19 heavy (non-hydrogen) atoms. The van der Waals surface area contributed by atoms with E-state index in [2.05, 4.69) is 21.0 Å². The molecule has 5 nitrogen and oxygen atoms in total. The van der Waals surface area contributed by atoms with E-state index in [-0.39, 0.29) is 5.84 Å². The van der Waals surface area contributed by atoms with Gasteiger partial charge in [0.25, 0.3) is 0 Å². The average molecular weight is 323 g/mol. The van der Waals surface area contributed by atoms with Crippen LogP contribution in [0.2, 0.25) is 0 Å². The maximum Gasteiger partial charge on any atom is 0.171 e. The van der Waals surface area contributed by atoms with Gasteiger partial charge < -0.3 is 10.5 Å². The summed E-state index contributed by atoms with van der Waals surface area (Å²) in [4.78, 5) is 0. The lowest BCUT2D eigenvalue weighted by Crippen LogP contribution is -2.12. The van der Waals surface area contributed by atoms with Crippen LogP contribution in [0.5, 0.6) is 11.5 Å². The minimum absolute atomic E-state index is 0.0319. The van der Waals surface area contributed by atoms with E-state index in [9.17, 15) is 0 Å². The highest BCUT2D eigenvalue weighted by Crippen LogP contribution is 2.31. The van der Waals surface area contributed by atoms with Gasteiger partial charge in [-0.25, -0.2) is 0 Å². The molecule has 2 aromatic rings. The number of ether oxygens (including phenoxy) is 1. The zero-order valence-corrected chi connectivity index (χ0v) is 12.6. The number of nitrogen functional groups attached to an aromatic ring is 1. The number of hydrogen-bond acceptors (Lipinski definition) is 3. The summed E-state index contributed by atoms with van der Waals surface area (Å²) in [6, 6.07) is 5.40. The molecular formula is C13H15BrN4O. The first-order valence-corrected chi connectivity index (χ1v) is 6.51. The second-order valence-electron chi connectivity index (χ2n) is 4.28. The van der Waals surface area contributed by atoms with Gasteiger partial charge in [-0.05, 0) is 32.0 Å². The quantitative estimate of drug-likeness (QED) is 0.673. The number of nitrogens with one attached hydrogen (secondary N) is 1. The van der Waals surface area contributed by atoms with Gasteiger partial charge in [0.15, 0.2) is 5.75 Å². The molecule has 0 atom stereocenters. The molecule has 0 radical (unpaired) electrons. The minimum Gasteiger partial charge on any atom is -0.453 e. The minimum atomic E-state index is -0.0319. The molecule has 3 N–H and O–H groups in total. The summed E-state index contributed by atoms with van der Waals surface area (Å²) in [5.74, 6) is 1.22. The maximum absolute atomic E-state index is 7.61. The molecule has 6 heteroatoms. The summed E-state index contributed by atoms with van der Waals surface area (Å²) in [6.45, 7) is 3.82. The van der Waals surface area contributed by atoms with Crippen LogP contribution < -0.4 is 10.5 Å². The topological polar surface area (TPSA) is 76.9 Å². The Labute approximate surface area is 120 Å². The molecule has 0 saturated carbocycles. The second-order valence-corrected chi connectivity index (χ2v) is 5.20. The molecule has 0 saturated heterocycles. The number of benzene rings is 1. The molecule has 0 aliphatic heterocycles. The van der Waals surface area contributed by atoms with Crippen LogP contribution in [0.4, 0.5) is 0 Å². The summed E-state index contributed by atoms with van der Waals surface area (Å²) in [5, 5.41) is 11.9. The van der Waals surface area contributed by atoms with Crippen molar-refractivity contribution in [3.63, 3.8) is 0 Å². The summed E-state index contributed by atoms with van der Waals surface area (Å²) in [6.07, 6.45) is 0. The Kier molecular flexibility index (Phi) is 3.61. The van der Waals surface area contributed by atoms with Crippen LogP contribution in [0.25, 0.3) is 0 Å². The molecule has 0 aliphatic rings. The normalized spacial score (nSPS) is 10.5. The number of aryl methyl sites for hydroxylation is 2. The van der Waals surface area contributed by atoms with Crippen molar-refractivity contribution >= 4 is 21.8 Å². The number of nitrogens with two attached hydrogens (primary N) is 1. The number of amidine groups is 1. The van der Waals surface area contributed by atoms with Crippen LogP contribution in [0.3, 0.4) is 0 Å². The predicted octanol–water partition coefficient (Wildman–Crippen LogP) is 2.88. The molecule has 0 unspecified atom stereocenters. The third-order valence-corrected chi connectivity index (χ3v) is 3.38.